The van der Waals surface area contributed by atoms with Gasteiger partial charge in [-0.1, -0.05) is 12.5 Å². The first-order valence-corrected chi connectivity index (χ1v) is 7.58. The highest BCUT2D eigenvalue weighted by molar-refractivity contribution is 5.50. The fourth-order valence-corrected chi connectivity index (χ4v) is 3.39. The van der Waals surface area contributed by atoms with Gasteiger partial charge < -0.3 is 10.4 Å². The molecule has 0 spiro atoms. The van der Waals surface area contributed by atoms with E-state index < -0.39 is 5.82 Å². The lowest BCUT2D eigenvalue weighted by Crippen LogP contribution is -2.47. The summed E-state index contributed by atoms with van der Waals surface area (Å²) in [5.74, 6) is -0.328. The highest BCUT2D eigenvalue weighted by Gasteiger charge is 2.35. The molecule has 2 fully saturated rings. The van der Waals surface area contributed by atoms with E-state index in [1.807, 2.05) is 0 Å². The van der Waals surface area contributed by atoms with Crippen molar-refractivity contribution in [2.75, 3.05) is 26.2 Å². The molecule has 0 radical (unpaired) electrons. The SMILES string of the molecule is N#Cc1c(F)ccc([C@@H](C2CCC2)N2CCNCC2)c1O. The molecule has 1 aromatic rings. The molecule has 2 N–H and O–H groups in total. The van der Waals surface area contributed by atoms with Gasteiger partial charge in [-0.25, -0.2) is 4.39 Å². The van der Waals surface area contributed by atoms with Gasteiger partial charge in [-0.3, -0.25) is 4.90 Å². The summed E-state index contributed by atoms with van der Waals surface area (Å²) >= 11 is 0. The van der Waals surface area contributed by atoms with Crippen molar-refractivity contribution in [2.24, 2.45) is 5.92 Å². The lowest BCUT2D eigenvalue weighted by Gasteiger charge is -2.43. The predicted octanol–water partition coefficient (Wildman–Crippen LogP) is 2.15. The van der Waals surface area contributed by atoms with E-state index in [9.17, 15) is 9.50 Å². The second kappa shape index (κ2) is 6.00. The Morgan fingerprint density at radius 2 is 2.05 bits per heavy atom. The highest BCUT2D eigenvalue weighted by Crippen LogP contribution is 2.45. The molecule has 112 valence electrons. The molecule has 3 rings (SSSR count). The van der Waals surface area contributed by atoms with Gasteiger partial charge in [0.15, 0.2) is 0 Å². The number of phenolic OH excluding ortho intramolecular Hbond substituents is 1. The Labute approximate surface area is 124 Å². The summed E-state index contributed by atoms with van der Waals surface area (Å²) in [7, 11) is 0. The quantitative estimate of drug-likeness (QED) is 0.895. The highest BCUT2D eigenvalue weighted by atomic mass is 19.1. The molecule has 1 aliphatic heterocycles. The minimum absolute atomic E-state index is 0.0913. The van der Waals surface area contributed by atoms with Crippen LogP contribution in [0, 0.1) is 23.1 Å². The van der Waals surface area contributed by atoms with Crippen molar-refractivity contribution in [1.82, 2.24) is 10.2 Å². The molecule has 0 amide bonds. The lowest BCUT2D eigenvalue weighted by molar-refractivity contribution is 0.0818. The largest absolute Gasteiger partial charge is 0.506 e. The molecule has 0 aromatic heterocycles. The van der Waals surface area contributed by atoms with E-state index in [2.05, 4.69) is 10.2 Å². The fraction of sp³-hybridized carbons (Fsp3) is 0.562. The smallest absolute Gasteiger partial charge is 0.144 e. The third kappa shape index (κ3) is 2.61. The van der Waals surface area contributed by atoms with E-state index in [-0.39, 0.29) is 17.4 Å². The Hall–Kier alpha value is -1.64. The molecular weight excluding hydrogens is 269 g/mol. The van der Waals surface area contributed by atoms with Gasteiger partial charge in [0.2, 0.25) is 0 Å². The van der Waals surface area contributed by atoms with Crippen molar-refractivity contribution in [3.05, 3.63) is 29.1 Å². The van der Waals surface area contributed by atoms with Crippen molar-refractivity contribution >= 4 is 0 Å². The van der Waals surface area contributed by atoms with Gasteiger partial charge >= 0.3 is 0 Å². The fourth-order valence-electron chi connectivity index (χ4n) is 3.39. The Kier molecular flexibility index (Phi) is 4.09. The average Bonchev–Trinajstić information content (AvgIpc) is 2.45. The number of hydrogen-bond acceptors (Lipinski definition) is 4. The summed E-state index contributed by atoms with van der Waals surface area (Å²) in [4.78, 5) is 2.36. The molecule has 4 nitrogen and oxygen atoms in total. The van der Waals surface area contributed by atoms with Crippen LogP contribution in [0.2, 0.25) is 0 Å². The molecule has 21 heavy (non-hydrogen) atoms. The van der Waals surface area contributed by atoms with Gasteiger partial charge in [-0.15, -0.1) is 0 Å². The third-order valence-electron chi connectivity index (χ3n) is 4.73. The molecule has 0 bridgehead atoms. The van der Waals surface area contributed by atoms with Crippen LogP contribution in [0.1, 0.15) is 36.4 Å². The minimum atomic E-state index is -0.647. The first-order valence-electron chi connectivity index (χ1n) is 7.58. The molecular formula is C16H20FN3O. The van der Waals surface area contributed by atoms with Crippen LogP contribution in [0.5, 0.6) is 5.75 Å². The molecule has 2 aliphatic rings. The molecule has 1 heterocycles. The number of rotatable bonds is 3. The number of hydrogen-bond donors (Lipinski definition) is 2. The van der Waals surface area contributed by atoms with Crippen LogP contribution < -0.4 is 5.32 Å². The molecule has 1 aliphatic carbocycles. The van der Waals surface area contributed by atoms with Gasteiger partial charge in [0.1, 0.15) is 23.2 Å². The van der Waals surface area contributed by atoms with Crippen LogP contribution in [0.25, 0.3) is 0 Å². The first-order chi connectivity index (χ1) is 10.2. The Morgan fingerprint density at radius 3 is 2.62 bits per heavy atom. The Bertz CT molecular complexity index is 559. The summed E-state index contributed by atoms with van der Waals surface area (Å²) in [5, 5.41) is 22.7. The van der Waals surface area contributed by atoms with Crippen molar-refractivity contribution in [3.8, 4) is 11.8 Å². The lowest BCUT2D eigenvalue weighted by atomic mass is 9.75. The van der Waals surface area contributed by atoms with Crippen LogP contribution in [-0.4, -0.2) is 36.2 Å². The standard InChI is InChI=1S/C16H20FN3O/c17-14-5-4-12(16(21)13(14)10-18)15(11-2-1-3-11)20-8-6-19-7-9-20/h4-5,11,15,19,21H,1-3,6-9H2/t15-/m1/s1. The van der Waals surface area contributed by atoms with E-state index in [0.717, 1.165) is 39.0 Å². The van der Waals surface area contributed by atoms with Crippen LogP contribution >= 0.6 is 0 Å². The number of nitrogens with zero attached hydrogens (tertiary/aromatic N) is 2. The summed E-state index contributed by atoms with van der Waals surface area (Å²) in [6.07, 6.45) is 3.47. The minimum Gasteiger partial charge on any atom is -0.506 e. The molecule has 1 atom stereocenters. The zero-order valence-electron chi connectivity index (χ0n) is 12.0. The van der Waals surface area contributed by atoms with E-state index in [1.54, 1.807) is 12.1 Å². The monoisotopic (exact) mass is 289 g/mol. The number of nitrogens with one attached hydrogen (secondary N) is 1. The third-order valence-corrected chi connectivity index (χ3v) is 4.73. The second-order valence-electron chi connectivity index (χ2n) is 5.89. The van der Waals surface area contributed by atoms with Crippen LogP contribution in [0.4, 0.5) is 4.39 Å². The van der Waals surface area contributed by atoms with Gasteiger partial charge in [0.05, 0.1) is 0 Å². The number of nitriles is 1. The van der Waals surface area contributed by atoms with Crippen molar-refractivity contribution in [2.45, 2.75) is 25.3 Å². The molecule has 0 unspecified atom stereocenters. The molecule has 1 saturated heterocycles. The van der Waals surface area contributed by atoms with Gasteiger partial charge in [0.25, 0.3) is 0 Å². The second-order valence-corrected chi connectivity index (χ2v) is 5.89. The summed E-state index contributed by atoms with van der Waals surface area (Å²) < 4.78 is 13.6. The zero-order chi connectivity index (χ0) is 14.8. The van der Waals surface area contributed by atoms with Crippen LogP contribution in [0.15, 0.2) is 12.1 Å². The normalized spacial score (nSPS) is 21.5. The van der Waals surface area contributed by atoms with Crippen molar-refractivity contribution in [3.63, 3.8) is 0 Å². The number of benzene rings is 1. The van der Waals surface area contributed by atoms with Crippen LogP contribution in [0.3, 0.4) is 0 Å². The van der Waals surface area contributed by atoms with E-state index in [0.29, 0.717) is 11.5 Å². The maximum Gasteiger partial charge on any atom is 0.144 e. The van der Waals surface area contributed by atoms with E-state index in [4.69, 9.17) is 5.26 Å². The summed E-state index contributed by atoms with van der Waals surface area (Å²) in [6, 6.07) is 4.83. The molecule has 1 aromatic carbocycles. The predicted molar refractivity (Wildman–Crippen MR) is 77.3 cm³/mol. The maximum atomic E-state index is 13.6. The number of halogens is 1. The topological polar surface area (TPSA) is 59.3 Å². The first kappa shape index (κ1) is 14.3. The zero-order valence-corrected chi connectivity index (χ0v) is 12.0. The van der Waals surface area contributed by atoms with E-state index in [1.165, 1.54) is 12.5 Å². The number of piperazine rings is 1. The van der Waals surface area contributed by atoms with Gasteiger partial charge in [0, 0.05) is 37.8 Å². The van der Waals surface area contributed by atoms with Gasteiger partial charge in [-0.05, 0) is 24.8 Å². The average molecular weight is 289 g/mol. The Morgan fingerprint density at radius 1 is 1.33 bits per heavy atom. The molecule has 1 saturated carbocycles. The van der Waals surface area contributed by atoms with E-state index >= 15 is 0 Å². The van der Waals surface area contributed by atoms with Crippen molar-refractivity contribution in [1.29, 1.82) is 5.26 Å². The number of aromatic hydroxyl groups is 1. The van der Waals surface area contributed by atoms with Crippen molar-refractivity contribution < 1.29 is 9.50 Å². The maximum absolute atomic E-state index is 13.6. The molecule has 5 heteroatoms. The van der Waals surface area contributed by atoms with Crippen LogP contribution in [-0.2, 0) is 0 Å². The Balaban J connectivity index is 1.98. The number of phenols is 1. The summed E-state index contributed by atoms with van der Waals surface area (Å²) in [6.45, 7) is 3.69. The summed E-state index contributed by atoms with van der Waals surface area (Å²) in [5.41, 5.74) is 0.478. The van der Waals surface area contributed by atoms with Gasteiger partial charge in [-0.2, -0.15) is 5.26 Å².